The van der Waals surface area contributed by atoms with Crippen molar-refractivity contribution in [2.45, 2.75) is 35.9 Å². The summed E-state index contributed by atoms with van der Waals surface area (Å²) in [6, 6.07) is 18.1. The number of aromatic nitrogens is 1. The van der Waals surface area contributed by atoms with Crippen LogP contribution in [0.25, 0.3) is 0 Å². The maximum atomic E-state index is 15.6. The molecule has 0 saturated carbocycles. The smallest absolute Gasteiger partial charge is 0.271 e. The molecule has 3 aliphatic heterocycles. The summed E-state index contributed by atoms with van der Waals surface area (Å²) in [5.74, 6) is 0.624. The fourth-order valence-electron chi connectivity index (χ4n) is 7.32. The lowest BCUT2D eigenvalue weighted by molar-refractivity contribution is -0.127. The number of oxazole rings is 1. The number of amides is 1. The van der Waals surface area contributed by atoms with Gasteiger partial charge < -0.3 is 19.2 Å². The number of sulfonamides is 1. The zero-order chi connectivity index (χ0) is 33.5. The van der Waals surface area contributed by atoms with Gasteiger partial charge in [0.25, 0.3) is 15.9 Å². The molecule has 13 heteroatoms. The summed E-state index contributed by atoms with van der Waals surface area (Å²) in [5, 5.41) is 13.4. The molecular formula is C35H36N6O6S. The Kier molecular flexibility index (Phi) is 8.43. The molecule has 0 aliphatic carbocycles. The summed E-state index contributed by atoms with van der Waals surface area (Å²) in [5.41, 5.74) is 0.549. The Morgan fingerprint density at radius 2 is 1.81 bits per heavy atom. The molecule has 7 rings (SSSR count). The molecule has 1 amide bonds. The first-order valence-corrected chi connectivity index (χ1v) is 17.3. The zero-order valence-electron chi connectivity index (χ0n) is 26.8. The van der Waals surface area contributed by atoms with Crippen LogP contribution in [0.15, 0.2) is 82.4 Å². The fraction of sp³-hybridized carbons (Fsp3) is 0.343. The van der Waals surface area contributed by atoms with Crippen molar-refractivity contribution in [1.82, 2.24) is 20.1 Å². The van der Waals surface area contributed by atoms with Crippen molar-refractivity contribution >= 4 is 21.6 Å². The molecule has 4 heterocycles. The van der Waals surface area contributed by atoms with E-state index in [1.165, 1.54) is 38.7 Å². The van der Waals surface area contributed by atoms with Gasteiger partial charge >= 0.3 is 0 Å². The van der Waals surface area contributed by atoms with E-state index in [2.05, 4.69) is 21.3 Å². The first kappa shape index (κ1) is 31.8. The van der Waals surface area contributed by atoms with Crippen LogP contribution >= 0.6 is 0 Å². The average molecular weight is 669 g/mol. The third-order valence-corrected chi connectivity index (χ3v) is 11.2. The summed E-state index contributed by atoms with van der Waals surface area (Å²) >= 11 is 0. The second-order valence-electron chi connectivity index (χ2n) is 12.1. The normalized spacial score (nSPS) is 21.6. The first-order valence-electron chi connectivity index (χ1n) is 15.9. The van der Waals surface area contributed by atoms with Crippen molar-refractivity contribution in [3.8, 4) is 17.6 Å². The van der Waals surface area contributed by atoms with E-state index in [0.717, 1.165) is 36.0 Å². The number of hydrogen-bond donors (Lipinski definition) is 1. The molecule has 1 unspecified atom stereocenters. The predicted octanol–water partition coefficient (Wildman–Crippen LogP) is 3.78. The van der Waals surface area contributed by atoms with Gasteiger partial charge in [0, 0.05) is 50.4 Å². The number of ether oxygens (including phenoxy) is 2. The molecule has 48 heavy (non-hydrogen) atoms. The highest BCUT2D eigenvalue weighted by molar-refractivity contribution is 7.93. The predicted molar refractivity (Wildman–Crippen MR) is 176 cm³/mol. The second kappa shape index (κ2) is 12.7. The van der Waals surface area contributed by atoms with Gasteiger partial charge in [-0.15, -0.1) is 0 Å². The van der Waals surface area contributed by atoms with Crippen LogP contribution in [0.5, 0.6) is 11.5 Å². The van der Waals surface area contributed by atoms with Crippen molar-refractivity contribution in [2.75, 3.05) is 51.2 Å². The van der Waals surface area contributed by atoms with Gasteiger partial charge in [-0.2, -0.15) is 5.26 Å². The number of likely N-dealkylation sites (tertiary alicyclic amines) is 1. The van der Waals surface area contributed by atoms with E-state index < -0.39 is 27.5 Å². The highest BCUT2D eigenvalue weighted by Crippen LogP contribution is 2.56. The van der Waals surface area contributed by atoms with Crippen molar-refractivity contribution in [3.63, 3.8) is 0 Å². The monoisotopic (exact) mass is 668 g/mol. The van der Waals surface area contributed by atoms with Gasteiger partial charge in [-0.3, -0.25) is 14.6 Å². The number of benzene rings is 3. The molecule has 2 fully saturated rings. The summed E-state index contributed by atoms with van der Waals surface area (Å²) in [6.45, 7) is 4.54. The standard InChI is InChI=1S/C35H36N6O6S/c1-45-26-7-9-27(10-8-26)48(43,44)41-30-11-5-24(22-36)20-28(30)35(34(41)42,40-16-3-4-31(40)33-38-15-19-47-33)29-21-25(6-12-32(29)46-2)23-39-17-13-37-14-18-39/h5-12,15,19-21,31,37H,3-4,13-14,16-18,23H2,1-2H3/t31-,35?/m0/s1. The lowest BCUT2D eigenvalue weighted by Crippen LogP contribution is -2.54. The number of carbonyl (C=O) groups excluding carboxylic acids is 1. The molecule has 1 N–H and O–H groups in total. The third kappa shape index (κ3) is 5.12. The molecular weight excluding hydrogens is 632 g/mol. The Morgan fingerprint density at radius 1 is 1.02 bits per heavy atom. The van der Waals surface area contributed by atoms with E-state index in [-0.39, 0.29) is 16.1 Å². The maximum absolute atomic E-state index is 15.6. The topological polar surface area (TPSA) is 141 Å². The van der Waals surface area contributed by atoms with Crippen LogP contribution in [-0.4, -0.2) is 76.1 Å². The fourth-order valence-corrected chi connectivity index (χ4v) is 8.78. The molecule has 0 radical (unpaired) electrons. The molecule has 2 saturated heterocycles. The van der Waals surface area contributed by atoms with Crippen LogP contribution in [0.3, 0.4) is 0 Å². The van der Waals surface area contributed by atoms with Crippen LogP contribution in [0, 0.1) is 11.3 Å². The van der Waals surface area contributed by atoms with E-state index in [9.17, 15) is 13.7 Å². The maximum Gasteiger partial charge on any atom is 0.271 e. The minimum Gasteiger partial charge on any atom is -0.497 e. The van der Waals surface area contributed by atoms with Crippen LogP contribution < -0.4 is 19.1 Å². The van der Waals surface area contributed by atoms with Crippen molar-refractivity contribution in [1.29, 1.82) is 5.26 Å². The van der Waals surface area contributed by atoms with E-state index in [0.29, 0.717) is 54.4 Å². The van der Waals surface area contributed by atoms with Crippen LogP contribution in [0.4, 0.5) is 5.69 Å². The first-order chi connectivity index (χ1) is 23.3. The molecule has 4 aromatic rings. The molecule has 3 aliphatic rings. The van der Waals surface area contributed by atoms with Crippen molar-refractivity contribution in [2.24, 2.45) is 0 Å². The van der Waals surface area contributed by atoms with Gasteiger partial charge in [0.05, 0.1) is 48.7 Å². The molecule has 0 bridgehead atoms. The molecule has 1 aromatic heterocycles. The zero-order valence-corrected chi connectivity index (χ0v) is 27.6. The Bertz CT molecular complexity index is 1970. The van der Waals surface area contributed by atoms with E-state index >= 15 is 4.79 Å². The van der Waals surface area contributed by atoms with Gasteiger partial charge in [-0.1, -0.05) is 6.07 Å². The summed E-state index contributed by atoms with van der Waals surface area (Å²) in [4.78, 5) is 24.3. The number of anilines is 1. The van der Waals surface area contributed by atoms with E-state index in [1.54, 1.807) is 30.5 Å². The minimum absolute atomic E-state index is 0.0761. The Labute approximate surface area is 279 Å². The van der Waals surface area contributed by atoms with Gasteiger partial charge in [0.1, 0.15) is 17.8 Å². The highest BCUT2D eigenvalue weighted by atomic mass is 32.2. The number of methoxy groups -OCH3 is 2. The molecule has 2 atom stereocenters. The van der Waals surface area contributed by atoms with Gasteiger partial charge in [0.2, 0.25) is 5.89 Å². The van der Waals surface area contributed by atoms with Crippen LogP contribution in [-0.2, 0) is 26.9 Å². The SMILES string of the molecule is COc1ccc(S(=O)(=O)N2C(=O)C(c3cc(CN4CCNCC4)ccc3OC)(N3CCC[C@H]3c3ncco3)c3cc(C#N)ccc32)cc1. The Morgan fingerprint density at radius 3 is 2.50 bits per heavy atom. The molecule has 248 valence electrons. The average Bonchev–Trinajstić information content (AvgIpc) is 3.87. The second-order valence-corrected chi connectivity index (χ2v) is 13.9. The summed E-state index contributed by atoms with van der Waals surface area (Å²) in [6.07, 6.45) is 4.37. The minimum atomic E-state index is -4.45. The highest BCUT2D eigenvalue weighted by Gasteiger charge is 2.63. The molecule has 12 nitrogen and oxygen atoms in total. The quantitative estimate of drug-likeness (QED) is 0.279. The van der Waals surface area contributed by atoms with E-state index in [4.69, 9.17) is 13.9 Å². The van der Waals surface area contributed by atoms with Gasteiger partial charge in [0.15, 0.2) is 5.54 Å². The number of nitrogens with one attached hydrogen (secondary N) is 1. The van der Waals surface area contributed by atoms with Crippen LogP contribution in [0.1, 0.15) is 47.0 Å². The molecule has 0 spiro atoms. The lowest BCUT2D eigenvalue weighted by Gasteiger charge is -2.41. The summed E-state index contributed by atoms with van der Waals surface area (Å²) < 4.78 is 47.1. The number of carbonyl (C=O) groups is 1. The number of piperazine rings is 1. The number of nitriles is 1. The van der Waals surface area contributed by atoms with Gasteiger partial charge in [-0.05, 0) is 73.0 Å². The summed E-state index contributed by atoms with van der Waals surface area (Å²) in [7, 11) is -1.42. The number of nitrogens with zero attached hydrogens (tertiary/aromatic N) is 5. The number of rotatable bonds is 9. The molecule has 3 aromatic carbocycles. The Hall–Kier alpha value is -4.74. The van der Waals surface area contributed by atoms with E-state index in [1.807, 2.05) is 23.1 Å². The van der Waals surface area contributed by atoms with Gasteiger partial charge in [-0.25, -0.2) is 17.7 Å². The lowest BCUT2D eigenvalue weighted by atomic mass is 9.79. The van der Waals surface area contributed by atoms with Crippen molar-refractivity contribution < 1.29 is 27.1 Å². The third-order valence-electron chi connectivity index (χ3n) is 9.52. The Balaban J connectivity index is 1.50. The largest absolute Gasteiger partial charge is 0.497 e. The van der Waals surface area contributed by atoms with Crippen LogP contribution in [0.2, 0.25) is 0 Å². The number of fused-ring (bicyclic) bond motifs is 1. The number of hydrogen-bond acceptors (Lipinski definition) is 11. The van der Waals surface area contributed by atoms with Crippen molar-refractivity contribution in [3.05, 3.63) is 101 Å².